The third-order valence-electron chi connectivity index (χ3n) is 4.41. The Labute approximate surface area is 145 Å². The fourth-order valence-electron chi connectivity index (χ4n) is 3.05. The van der Waals surface area contributed by atoms with Crippen LogP contribution in [0.4, 0.5) is 0 Å². The van der Waals surface area contributed by atoms with Crippen LogP contribution >= 0.6 is 0 Å². The van der Waals surface area contributed by atoms with E-state index in [1.165, 1.54) is 0 Å². The number of aromatic nitrogens is 3. The third kappa shape index (κ3) is 2.87. The lowest BCUT2D eigenvalue weighted by molar-refractivity contribution is 0.0708. The van der Waals surface area contributed by atoms with Gasteiger partial charge in [0.25, 0.3) is 5.91 Å². The molecule has 6 nitrogen and oxygen atoms in total. The molecule has 0 unspecified atom stereocenters. The minimum atomic E-state index is -0.00170. The zero-order chi connectivity index (χ0) is 17.2. The molecular formula is C19H18N4O2. The topological polar surface area (TPSA) is 60.2 Å². The van der Waals surface area contributed by atoms with E-state index in [2.05, 4.69) is 14.8 Å². The first kappa shape index (κ1) is 15.4. The number of fused-ring (bicyclic) bond motifs is 1. The summed E-state index contributed by atoms with van der Waals surface area (Å²) in [5.41, 5.74) is 1.69. The quantitative estimate of drug-likeness (QED) is 0.739. The number of carbonyl (C=O) groups is 1. The first-order chi connectivity index (χ1) is 12.3. The summed E-state index contributed by atoms with van der Waals surface area (Å²) in [6.07, 6.45) is 0. The molecule has 2 heterocycles. The van der Waals surface area contributed by atoms with E-state index in [-0.39, 0.29) is 5.91 Å². The highest BCUT2D eigenvalue weighted by molar-refractivity contribution is 5.94. The Morgan fingerprint density at radius 1 is 1.00 bits per heavy atom. The van der Waals surface area contributed by atoms with Gasteiger partial charge in [-0.05, 0) is 24.3 Å². The second kappa shape index (κ2) is 6.39. The highest BCUT2D eigenvalue weighted by Gasteiger charge is 2.25. The van der Waals surface area contributed by atoms with Crippen molar-refractivity contribution in [2.75, 3.05) is 13.7 Å². The van der Waals surface area contributed by atoms with E-state index in [9.17, 15) is 4.79 Å². The average Bonchev–Trinajstić information content (AvgIpc) is 3.11. The van der Waals surface area contributed by atoms with Crippen LogP contribution in [0.25, 0.3) is 11.4 Å². The number of hydrogen-bond acceptors (Lipinski definition) is 4. The van der Waals surface area contributed by atoms with Gasteiger partial charge in [-0.25, -0.2) is 0 Å². The van der Waals surface area contributed by atoms with Crippen molar-refractivity contribution in [2.45, 2.75) is 13.1 Å². The monoisotopic (exact) mass is 334 g/mol. The van der Waals surface area contributed by atoms with Gasteiger partial charge in [-0.1, -0.05) is 30.3 Å². The molecule has 126 valence electrons. The van der Waals surface area contributed by atoms with Crippen molar-refractivity contribution in [3.63, 3.8) is 0 Å². The average molecular weight is 334 g/mol. The lowest BCUT2D eigenvalue weighted by Crippen LogP contribution is -2.38. The van der Waals surface area contributed by atoms with Gasteiger partial charge in [-0.15, -0.1) is 10.2 Å². The van der Waals surface area contributed by atoms with Crippen LogP contribution in [0.3, 0.4) is 0 Å². The van der Waals surface area contributed by atoms with Gasteiger partial charge in [0.2, 0.25) is 0 Å². The zero-order valence-electron chi connectivity index (χ0n) is 13.9. The highest BCUT2D eigenvalue weighted by atomic mass is 16.5. The van der Waals surface area contributed by atoms with Crippen LogP contribution in [0.5, 0.6) is 5.75 Å². The summed E-state index contributed by atoms with van der Waals surface area (Å²) in [5.74, 6) is 2.40. The minimum absolute atomic E-state index is 0.00170. The van der Waals surface area contributed by atoms with Crippen LogP contribution in [-0.2, 0) is 13.1 Å². The maximum atomic E-state index is 12.7. The molecule has 1 aromatic heterocycles. The molecule has 1 aliphatic rings. The lowest BCUT2D eigenvalue weighted by Gasteiger charge is -2.28. The van der Waals surface area contributed by atoms with Crippen molar-refractivity contribution >= 4 is 5.91 Å². The zero-order valence-corrected chi connectivity index (χ0v) is 13.9. The molecule has 0 bridgehead atoms. The number of nitrogens with zero attached hydrogens (tertiary/aromatic N) is 4. The molecular weight excluding hydrogens is 316 g/mol. The number of hydrogen-bond donors (Lipinski definition) is 0. The molecule has 3 aromatic rings. The molecule has 0 radical (unpaired) electrons. The fourth-order valence-corrected chi connectivity index (χ4v) is 3.05. The van der Waals surface area contributed by atoms with E-state index in [0.29, 0.717) is 25.2 Å². The molecule has 1 amide bonds. The van der Waals surface area contributed by atoms with Gasteiger partial charge >= 0.3 is 0 Å². The van der Waals surface area contributed by atoms with Crippen LogP contribution < -0.4 is 4.74 Å². The Bertz CT molecular complexity index is 888. The SMILES string of the molecule is COc1ccc(C(=O)N2CCn3c(nnc3-c3ccccc3)C2)cc1. The van der Waals surface area contributed by atoms with Gasteiger partial charge in [0.05, 0.1) is 13.7 Å². The normalized spacial score (nSPS) is 13.4. The van der Waals surface area contributed by atoms with E-state index in [4.69, 9.17) is 4.74 Å². The first-order valence-electron chi connectivity index (χ1n) is 8.17. The Morgan fingerprint density at radius 2 is 1.76 bits per heavy atom. The van der Waals surface area contributed by atoms with Gasteiger partial charge in [0, 0.05) is 24.2 Å². The van der Waals surface area contributed by atoms with Crippen molar-refractivity contribution in [1.82, 2.24) is 19.7 Å². The number of rotatable bonds is 3. The molecule has 0 atom stereocenters. The predicted molar refractivity (Wildman–Crippen MR) is 93.2 cm³/mol. The molecule has 6 heteroatoms. The number of methoxy groups -OCH3 is 1. The van der Waals surface area contributed by atoms with E-state index in [1.807, 2.05) is 30.3 Å². The van der Waals surface area contributed by atoms with Gasteiger partial charge in [0.15, 0.2) is 11.6 Å². The Morgan fingerprint density at radius 3 is 2.48 bits per heavy atom. The number of carbonyl (C=O) groups excluding carboxylic acids is 1. The summed E-state index contributed by atoms with van der Waals surface area (Å²) in [4.78, 5) is 14.5. The van der Waals surface area contributed by atoms with Crippen molar-refractivity contribution < 1.29 is 9.53 Å². The molecule has 0 N–H and O–H groups in total. The smallest absolute Gasteiger partial charge is 0.254 e. The van der Waals surface area contributed by atoms with Crippen LogP contribution in [-0.4, -0.2) is 39.2 Å². The van der Waals surface area contributed by atoms with Gasteiger partial charge in [0.1, 0.15) is 5.75 Å². The van der Waals surface area contributed by atoms with Crippen LogP contribution in [0.15, 0.2) is 54.6 Å². The number of benzene rings is 2. The largest absolute Gasteiger partial charge is 0.497 e. The fraction of sp³-hybridized carbons (Fsp3) is 0.211. The highest BCUT2D eigenvalue weighted by Crippen LogP contribution is 2.22. The van der Waals surface area contributed by atoms with Gasteiger partial charge < -0.3 is 14.2 Å². The standard InChI is InChI=1S/C19H18N4O2/c1-25-16-9-7-15(8-10-16)19(24)22-11-12-23-17(13-22)20-21-18(23)14-5-3-2-4-6-14/h2-10H,11-13H2,1H3. The first-order valence-corrected chi connectivity index (χ1v) is 8.17. The molecule has 0 aliphatic carbocycles. The summed E-state index contributed by atoms with van der Waals surface area (Å²) in [6, 6.07) is 17.2. The lowest BCUT2D eigenvalue weighted by atomic mass is 10.1. The minimum Gasteiger partial charge on any atom is -0.497 e. The maximum absolute atomic E-state index is 12.7. The van der Waals surface area contributed by atoms with Crippen LogP contribution in [0, 0.1) is 0 Å². The number of amides is 1. The Hall–Kier alpha value is -3.15. The van der Waals surface area contributed by atoms with Gasteiger partial charge in [-0.3, -0.25) is 4.79 Å². The maximum Gasteiger partial charge on any atom is 0.254 e. The molecule has 0 saturated carbocycles. The van der Waals surface area contributed by atoms with E-state index >= 15 is 0 Å². The Balaban J connectivity index is 1.55. The summed E-state index contributed by atoms with van der Waals surface area (Å²) in [7, 11) is 1.61. The molecule has 1 aliphatic heterocycles. The van der Waals surface area contributed by atoms with Crippen molar-refractivity contribution in [3.05, 3.63) is 66.0 Å². The molecule has 2 aromatic carbocycles. The van der Waals surface area contributed by atoms with Crippen molar-refractivity contribution in [1.29, 1.82) is 0 Å². The number of ether oxygens (including phenoxy) is 1. The van der Waals surface area contributed by atoms with Gasteiger partial charge in [-0.2, -0.15) is 0 Å². The predicted octanol–water partition coefficient (Wildman–Crippen LogP) is 2.61. The molecule has 0 fully saturated rings. The summed E-state index contributed by atoms with van der Waals surface area (Å²) in [6.45, 7) is 1.79. The van der Waals surface area contributed by atoms with Crippen LogP contribution in [0.2, 0.25) is 0 Å². The molecule has 4 rings (SSSR count). The van der Waals surface area contributed by atoms with Crippen molar-refractivity contribution in [3.8, 4) is 17.1 Å². The van der Waals surface area contributed by atoms with E-state index in [1.54, 1.807) is 36.3 Å². The van der Waals surface area contributed by atoms with E-state index in [0.717, 1.165) is 23.0 Å². The summed E-state index contributed by atoms with van der Waals surface area (Å²) < 4.78 is 7.23. The summed E-state index contributed by atoms with van der Waals surface area (Å²) in [5, 5.41) is 8.60. The second-order valence-corrected chi connectivity index (χ2v) is 5.91. The molecule has 0 spiro atoms. The second-order valence-electron chi connectivity index (χ2n) is 5.91. The van der Waals surface area contributed by atoms with Crippen LogP contribution in [0.1, 0.15) is 16.2 Å². The molecule has 25 heavy (non-hydrogen) atoms. The Kier molecular flexibility index (Phi) is 3.93. The van der Waals surface area contributed by atoms with Crippen molar-refractivity contribution in [2.24, 2.45) is 0 Å². The third-order valence-corrected chi connectivity index (χ3v) is 4.41. The van der Waals surface area contributed by atoms with E-state index < -0.39 is 0 Å². The summed E-state index contributed by atoms with van der Waals surface area (Å²) >= 11 is 0. The molecule has 0 saturated heterocycles.